The van der Waals surface area contributed by atoms with Crippen LogP contribution in [0.3, 0.4) is 0 Å². The minimum atomic E-state index is -0.00361. The van der Waals surface area contributed by atoms with Gasteiger partial charge in [0.05, 0.1) is 41.2 Å². The molecule has 0 bridgehead atoms. The average Bonchev–Trinajstić information content (AvgIpc) is 3.11. The Bertz CT molecular complexity index is 1100. The van der Waals surface area contributed by atoms with Crippen molar-refractivity contribution in [3.8, 4) is 17.3 Å². The molecule has 4 aromatic rings. The lowest BCUT2D eigenvalue weighted by Crippen LogP contribution is -2.09. The molecular formula is C19H15N5O. The Hall–Kier alpha value is -3.43. The number of imidazole rings is 1. The van der Waals surface area contributed by atoms with Gasteiger partial charge in [-0.2, -0.15) is 5.26 Å². The van der Waals surface area contributed by atoms with Gasteiger partial charge in [-0.25, -0.2) is 9.97 Å². The number of fused-ring (bicyclic) bond motifs is 3. The predicted octanol–water partition coefficient (Wildman–Crippen LogP) is 2.83. The molecule has 2 aromatic heterocycles. The largest absolute Gasteiger partial charge is 0.395 e. The minimum absolute atomic E-state index is 0.00361. The minimum Gasteiger partial charge on any atom is -0.395 e. The molecule has 0 aliphatic carbocycles. The van der Waals surface area contributed by atoms with E-state index >= 15 is 0 Å². The van der Waals surface area contributed by atoms with E-state index in [9.17, 15) is 0 Å². The number of nitrogens with one attached hydrogen (secondary N) is 1. The van der Waals surface area contributed by atoms with Gasteiger partial charge >= 0.3 is 0 Å². The molecule has 122 valence electrons. The number of hydrogen-bond donors (Lipinski definition) is 2. The van der Waals surface area contributed by atoms with E-state index < -0.39 is 0 Å². The fourth-order valence-corrected chi connectivity index (χ4v) is 2.91. The van der Waals surface area contributed by atoms with E-state index in [4.69, 9.17) is 10.4 Å². The zero-order valence-corrected chi connectivity index (χ0v) is 13.3. The fourth-order valence-electron chi connectivity index (χ4n) is 2.91. The number of rotatable bonds is 4. The first-order chi connectivity index (χ1) is 12.3. The lowest BCUT2D eigenvalue weighted by molar-refractivity contribution is 0.311. The van der Waals surface area contributed by atoms with Crippen LogP contribution in [0.2, 0.25) is 0 Å². The number of anilines is 1. The quantitative estimate of drug-likeness (QED) is 0.601. The average molecular weight is 329 g/mol. The van der Waals surface area contributed by atoms with Crippen LogP contribution in [-0.2, 0) is 0 Å². The molecule has 6 heteroatoms. The van der Waals surface area contributed by atoms with Crippen molar-refractivity contribution >= 4 is 22.5 Å². The third-order valence-electron chi connectivity index (χ3n) is 4.03. The van der Waals surface area contributed by atoms with Crippen LogP contribution in [0, 0.1) is 11.3 Å². The second kappa shape index (κ2) is 6.23. The highest BCUT2D eigenvalue weighted by atomic mass is 16.3. The normalized spacial score (nSPS) is 10.9. The van der Waals surface area contributed by atoms with Gasteiger partial charge in [0, 0.05) is 12.1 Å². The Balaban J connectivity index is 2.06. The first-order valence-corrected chi connectivity index (χ1v) is 7.93. The number of benzene rings is 2. The summed E-state index contributed by atoms with van der Waals surface area (Å²) in [5, 5.41) is 21.4. The molecule has 0 atom stereocenters. The van der Waals surface area contributed by atoms with Gasteiger partial charge in [-0.15, -0.1) is 0 Å². The van der Waals surface area contributed by atoms with E-state index in [0.717, 1.165) is 16.8 Å². The molecule has 0 spiro atoms. The van der Waals surface area contributed by atoms with E-state index in [1.807, 2.05) is 47.0 Å². The molecule has 6 nitrogen and oxygen atoms in total. The summed E-state index contributed by atoms with van der Waals surface area (Å²) < 4.78 is 2.03. The van der Waals surface area contributed by atoms with Crippen LogP contribution in [0.1, 0.15) is 5.56 Å². The Morgan fingerprint density at radius 3 is 2.76 bits per heavy atom. The van der Waals surface area contributed by atoms with E-state index in [1.54, 1.807) is 12.1 Å². The van der Waals surface area contributed by atoms with Crippen LogP contribution in [0.4, 0.5) is 5.82 Å². The number of aromatic nitrogens is 3. The van der Waals surface area contributed by atoms with E-state index in [-0.39, 0.29) is 6.61 Å². The van der Waals surface area contributed by atoms with Crippen molar-refractivity contribution in [2.24, 2.45) is 0 Å². The first kappa shape index (κ1) is 15.1. The lowest BCUT2D eigenvalue weighted by Gasteiger charge is -2.11. The molecule has 0 saturated carbocycles. The number of hydrogen-bond acceptors (Lipinski definition) is 5. The van der Waals surface area contributed by atoms with Crippen LogP contribution < -0.4 is 5.32 Å². The summed E-state index contributed by atoms with van der Waals surface area (Å²) >= 11 is 0. The molecule has 0 saturated heterocycles. The van der Waals surface area contributed by atoms with Gasteiger partial charge in [0.1, 0.15) is 0 Å². The van der Waals surface area contributed by atoms with Crippen molar-refractivity contribution in [3.63, 3.8) is 0 Å². The molecular weight excluding hydrogens is 314 g/mol. The van der Waals surface area contributed by atoms with Crippen LogP contribution in [-0.4, -0.2) is 32.6 Å². The molecule has 25 heavy (non-hydrogen) atoms. The summed E-state index contributed by atoms with van der Waals surface area (Å²) in [6.07, 6.45) is 1.81. The van der Waals surface area contributed by atoms with Gasteiger partial charge in [-0.3, -0.25) is 4.40 Å². The summed E-state index contributed by atoms with van der Waals surface area (Å²) in [7, 11) is 0. The number of nitrogens with zero attached hydrogens (tertiary/aromatic N) is 4. The summed E-state index contributed by atoms with van der Waals surface area (Å²) in [5.74, 6) is 0.582. The molecule has 0 unspecified atom stereocenters. The van der Waals surface area contributed by atoms with Crippen LogP contribution in [0.15, 0.2) is 54.7 Å². The highest BCUT2D eigenvalue weighted by molar-refractivity contribution is 5.87. The lowest BCUT2D eigenvalue weighted by atomic mass is 10.1. The highest BCUT2D eigenvalue weighted by Gasteiger charge is 2.14. The van der Waals surface area contributed by atoms with Gasteiger partial charge in [0.2, 0.25) is 0 Å². The zero-order chi connectivity index (χ0) is 17.2. The molecule has 2 N–H and O–H groups in total. The topological polar surface area (TPSA) is 86.2 Å². The SMILES string of the molecule is N#Cc1ccc2c(c1)nc(NCCO)c1ncc(-c3ccccc3)n12. The molecule has 2 heterocycles. The molecule has 2 aromatic carbocycles. The maximum absolute atomic E-state index is 9.17. The molecule has 0 aliphatic rings. The van der Waals surface area contributed by atoms with Gasteiger partial charge in [-0.05, 0) is 18.2 Å². The second-order valence-electron chi connectivity index (χ2n) is 5.59. The number of nitriles is 1. The van der Waals surface area contributed by atoms with Crippen molar-refractivity contribution in [1.29, 1.82) is 5.26 Å². The van der Waals surface area contributed by atoms with Crippen molar-refractivity contribution in [2.75, 3.05) is 18.5 Å². The van der Waals surface area contributed by atoms with E-state index in [2.05, 4.69) is 21.4 Å². The maximum Gasteiger partial charge on any atom is 0.181 e. The van der Waals surface area contributed by atoms with Gasteiger partial charge in [0.15, 0.2) is 11.5 Å². The van der Waals surface area contributed by atoms with Crippen LogP contribution in [0.25, 0.3) is 27.9 Å². The third kappa shape index (κ3) is 2.57. The van der Waals surface area contributed by atoms with Crippen LogP contribution >= 0.6 is 0 Å². The predicted molar refractivity (Wildman–Crippen MR) is 96.2 cm³/mol. The smallest absolute Gasteiger partial charge is 0.181 e. The fraction of sp³-hybridized carbons (Fsp3) is 0.105. The summed E-state index contributed by atoms with van der Waals surface area (Å²) in [6.45, 7) is 0.371. The summed E-state index contributed by atoms with van der Waals surface area (Å²) in [5.41, 5.74) is 4.79. The highest BCUT2D eigenvalue weighted by Crippen LogP contribution is 2.28. The van der Waals surface area contributed by atoms with Gasteiger partial charge < -0.3 is 10.4 Å². The monoisotopic (exact) mass is 329 g/mol. The third-order valence-corrected chi connectivity index (χ3v) is 4.03. The standard InChI is InChI=1S/C19H15N5O/c20-11-13-6-7-16-15(10-13)23-18(21-8-9-25)19-22-12-17(24(16)19)14-4-2-1-3-5-14/h1-7,10,12,25H,8-9H2,(H,21,23). The molecule has 0 fully saturated rings. The maximum atomic E-state index is 9.17. The van der Waals surface area contributed by atoms with Crippen LogP contribution in [0.5, 0.6) is 0 Å². The van der Waals surface area contributed by atoms with Gasteiger partial charge in [-0.1, -0.05) is 30.3 Å². The van der Waals surface area contributed by atoms with E-state index in [1.165, 1.54) is 0 Å². The molecule has 0 radical (unpaired) electrons. The number of aliphatic hydroxyl groups excluding tert-OH is 1. The van der Waals surface area contributed by atoms with Gasteiger partial charge in [0.25, 0.3) is 0 Å². The van der Waals surface area contributed by atoms with Crippen molar-refractivity contribution in [1.82, 2.24) is 14.4 Å². The van der Waals surface area contributed by atoms with Crippen molar-refractivity contribution in [2.45, 2.75) is 0 Å². The Labute approximate surface area is 144 Å². The molecule has 4 rings (SSSR count). The Morgan fingerprint density at radius 1 is 1.16 bits per heavy atom. The summed E-state index contributed by atoms with van der Waals surface area (Å²) in [4.78, 5) is 9.13. The Kier molecular flexibility index (Phi) is 3.77. The molecule has 0 aliphatic heterocycles. The summed E-state index contributed by atoms with van der Waals surface area (Å²) in [6, 6.07) is 17.6. The van der Waals surface area contributed by atoms with Crippen molar-refractivity contribution in [3.05, 3.63) is 60.3 Å². The Morgan fingerprint density at radius 2 is 2.00 bits per heavy atom. The second-order valence-corrected chi connectivity index (χ2v) is 5.59. The number of aliphatic hydroxyl groups is 1. The van der Waals surface area contributed by atoms with E-state index in [0.29, 0.717) is 29.1 Å². The zero-order valence-electron chi connectivity index (χ0n) is 13.3. The first-order valence-electron chi connectivity index (χ1n) is 7.93. The molecule has 0 amide bonds. The van der Waals surface area contributed by atoms with Crippen molar-refractivity contribution < 1.29 is 5.11 Å².